The summed E-state index contributed by atoms with van der Waals surface area (Å²) in [7, 11) is 0. The maximum atomic E-state index is 13.5. The predicted octanol–water partition coefficient (Wildman–Crippen LogP) is 3.97. The van der Waals surface area contributed by atoms with Crippen LogP contribution < -0.4 is 9.80 Å². The average molecular weight is 493 g/mol. The zero-order valence-electron chi connectivity index (χ0n) is 22.0. The standard InChI is InChI=1S/C28H40N6O2/c1-22(2)33-14-7-5-4-6-8-15-34(23(3)35)26-11-10-24(20-25(26)21-33)27(36)31-16-18-32(19-17-31)28-29-12-9-13-30-28/h9-13,20,22H,4-8,14-19,21H2,1-3H3. The van der Waals surface area contributed by atoms with E-state index in [1.165, 1.54) is 19.3 Å². The number of fused-ring (bicyclic) bond motifs is 1. The molecule has 8 heteroatoms. The first-order valence-corrected chi connectivity index (χ1v) is 13.4. The van der Waals surface area contributed by atoms with Gasteiger partial charge in [-0.15, -0.1) is 0 Å². The number of rotatable bonds is 3. The lowest BCUT2D eigenvalue weighted by molar-refractivity contribution is -0.116. The third kappa shape index (κ3) is 6.40. The lowest BCUT2D eigenvalue weighted by atomic mass is 10.0. The van der Waals surface area contributed by atoms with Crippen LogP contribution in [0.2, 0.25) is 0 Å². The number of hydrogen-bond acceptors (Lipinski definition) is 6. The minimum absolute atomic E-state index is 0.0445. The smallest absolute Gasteiger partial charge is 0.253 e. The molecule has 1 aromatic carbocycles. The van der Waals surface area contributed by atoms with Gasteiger partial charge in [0.25, 0.3) is 5.91 Å². The second kappa shape index (κ2) is 12.3. The normalized spacial score (nSPS) is 18.4. The van der Waals surface area contributed by atoms with Gasteiger partial charge in [0.15, 0.2) is 0 Å². The maximum Gasteiger partial charge on any atom is 0.253 e. The van der Waals surface area contributed by atoms with Crippen LogP contribution in [0.3, 0.4) is 0 Å². The van der Waals surface area contributed by atoms with Gasteiger partial charge >= 0.3 is 0 Å². The third-order valence-corrected chi connectivity index (χ3v) is 7.33. The Morgan fingerprint density at radius 3 is 2.19 bits per heavy atom. The summed E-state index contributed by atoms with van der Waals surface area (Å²) < 4.78 is 0. The Bertz CT molecular complexity index is 1020. The van der Waals surface area contributed by atoms with E-state index >= 15 is 0 Å². The molecule has 0 bridgehead atoms. The number of piperazine rings is 1. The molecule has 8 nitrogen and oxygen atoms in total. The third-order valence-electron chi connectivity index (χ3n) is 7.33. The van der Waals surface area contributed by atoms with Crippen LogP contribution in [0, 0.1) is 0 Å². The molecule has 4 rings (SSSR count). The van der Waals surface area contributed by atoms with E-state index in [1.54, 1.807) is 19.3 Å². The molecule has 0 atom stereocenters. The van der Waals surface area contributed by atoms with Crippen LogP contribution in [-0.2, 0) is 11.3 Å². The number of benzene rings is 1. The quantitative estimate of drug-likeness (QED) is 0.646. The second-order valence-corrected chi connectivity index (χ2v) is 10.2. The Morgan fingerprint density at radius 2 is 1.53 bits per heavy atom. The van der Waals surface area contributed by atoms with E-state index in [4.69, 9.17) is 0 Å². The van der Waals surface area contributed by atoms with Crippen LogP contribution in [0.25, 0.3) is 0 Å². The summed E-state index contributed by atoms with van der Waals surface area (Å²) in [6.45, 7) is 11.2. The topological polar surface area (TPSA) is 72.9 Å². The van der Waals surface area contributed by atoms with Gasteiger partial charge in [-0.1, -0.05) is 19.3 Å². The summed E-state index contributed by atoms with van der Waals surface area (Å²) >= 11 is 0. The number of hydrogen-bond donors (Lipinski definition) is 0. The van der Waals surface area contributed by atoms with Gasteiger partial charge in [-0.2, -0.15) is 0 Å². The van der Waals surface area contributed by atoms with E-state index < -0.39 is 0 Å². The molecule has 1 fully saturated rings. The van der Waals surface area contributed by atoms with Crippen molar-refractivity contribution >= 4 is 23.5 Å². The van der Waals surface area contributed by atoms with Crippen molar-refractivity contribution in [3.05, 3.63) is 47.8 Å². The van der Waals surface area contributed by atoms with E-state index in [1.807, 2.05) is 34.1 Å². The van der Waals surface area contributed by atoms with Crippen molar-refractivity contribution in [2.24, 2.45) is 0 Å². The molecule has 1 saturated heterocycles. The minimum atomic E-state index is 0.0445. The molecule has 0 aliphatic carbocycles. The predicted molar refractivity (Wildman–Crippen MR) is 143 cm³/mol. The van der Waals surface area contributed by atoms with Crippen molar-refractivity contribution in [2.45, 2.75) is 65.5 Å². The molecular formula is C28H40N6O2. The van der Waals surface area contributed by atoms with Gasteiger partial charge in [-0.25, -0.2) is 9.97 Å². The number of aromatic nitrogens is 2. The molecular weight excluding hydrogens is 452 g/mol. The molecule has 0 spiro atoms. The van der Waals surface area contributed by atoms with E-state index in [2.05, 4.69) is 33.6 Å². The molecule has 0 N–H and O–H groups in total. The molecule has 2 amide bonds. The van der Waals surface area contributed by atoms with Crippen molar-refractivity contribution in [3.63, 3.8) is 0 Å². The Balaban J connectivity index is 1.56. The van der Waals surface area contributed by atoms with Gasteiger partial charge in [0.2, 0.25) is 11.9 Å². The van der Waals surface area contributed by atoms with Crippen molar-refractivity contribution < 1.29 is 9.59 Å². The van der Waals surface area contributed by atoms with Gasteiger partial charge < -0.3 is 14.7 Å². The Hall–Kier alpha value is -3.00. The number of anilines is 2. The molecule has 3 heterocycles. The van der Waals surface area contributed by atoms with E-state index in [0.29, 0.717) is 43.7 Å². The molecule has 0 radical (unpaired) electrons. The highest BCUT2D eigenvalue weighted by molar-refractivity contribution is 5.97. The lowest BCUT2D eigenvalue weighted by Crippen LogP contribution is -2.49. The first-order chi connectivity index (χ1) is 17.4. The summed E-state index contributed by atoms with van der Waals surface area (Å²) in [4.78, 5) is 43.2. The minimum Gasteiger partial charge on any atom is -0.337 e. The largest absolute Gasteiger partial charge is 0.337 e. The first-order valence-electron chi connectivity index (χ1n) is 13.4. The number of carbonyl (C=O) groups is 2. The van der Waals surface area contributed by atoms with Gasteiger partial charge in [-0.3, -0.25) is 14.5 Å². The zero-order chi connectivity index (χ0) is 25.5. The van der Waals surface area contributed by atoms with Crippen molar-refractivity contribution in [1.82, 2.24) is 19.8 Å². The molecule has 2 aromatic rings. The SMILES string of the molecule is CC(=O)N1CCCCCCCN(C(C)C)Cc2cc(C(=O)N3CCN(c4ncccn4)CC3)ccc21. The van der Waals surface area contributed by atoms with Crippen LogP contribution in [0.5, 0.6) is 0 Å². The van der Waals surface area contributed by atoms with Gasteiger partial charge in [0.1, 0.15) is 0 Å². The van der Waals surface area contributed by atoms with Crippen LogP contribution in [0.4, 0.5) is 11.6 Å². The first kappa shape index (κ1) is 26.1. The van der Waals surface area contributed by atoms with Gasteiger partial charge in [0, 0.05) is 75.9 Å². The summed E-state index contributed by atoms with van der Waals surface area (Å²) in [6.07, 6.45) is 9.24. The molecule has 194 valence electrons. The summed E-state index contributed by atoms with van der Waals surface area (Å²) in [5, 5.41) is 0. The van der Waals surface area contributed by atoms with Crippen molar-refractivity contribution in [3.8, 4) is 0 Å². The Kier molecular flexibility index (Phi) is 8.91. The van der Waals surface area contributed by atoms with E-state index in [-0.39, 0.29) is 11.8 Å². The molecule has 0 saturated carbocycles. The zero-order valence-corrected chi connectivity index (χ0v) is 22.0. The number of amides is 2. The van der Waals surface area contributed by atoms with Crippen molar-refractivity contribution in [2.75, 3.05) is 49.1 Å². The highest BCUT2D eigenvalue weighted by atomic mass is 16.2. The summed E-state index contributed by atoms with van der Waals surface area (Å²) in [5.41, 5.74) is 2.69. The van der Waals surface area contributed by atoms with Gasteiger partial charge in [-0.05, 0) is 63.1 Å². The number of nitrogens with zero attached hydrogens (tertiary/aromatic N) is 6. The van der Waals surface area contributed by atoms with Crippen LogP contribution in [0.1, 0.15) is 68.8 Å². The molecule has 0 unspecified atom stereocenters. The van der Waals surface area contributed by atoms with Crippen molar-refractivity contribution in [1.29, 1.82) is 0 Å². The van der Waals surface area contributed by atoms with Gasteiger partial charge in [0.05, 0.1) is 0 Å². The summed E-state index contributed by atoms with van der Waals surface area (Å²) in [5.74, 6) is 0.813. The monoisotopic (exact) mass is 492 g/mol. The molecule has 36 heavy (non-hydrogen) atoms. The fraction of sp³-hybridized carbons (Fsp3) is 0.571. The fourth-order valence-electron chi connectivity index (χ4n) is 5.16. The maximum absolute atomic E-state index is 13.5. The summed E-state index contributed by atoms with van der Waals surface area (Å²) in [6, 6.07) is 8.11. The van der Waals surface area contributed by atoms with Crippen LogP contribution in [0.15, 0.2) is 36.7 Å². The van der Waals surface area contributed by atoms with E-state index in [9.17, 15) is 9.59 Å². The fourth-order valence-corrected chi connectivity index (χ4v) is 5.16. The van der Waals surface area contributed by atoms with E-state index in [0.717, 1.165) is 43.7 Å². The second-order valence-electron chi connectivity index (χ2n) is 10.2. The average Bonchev–Trinajstić information content (AvgIpc) is 2.88. The van der Waals surface area contributed by atoms with Crippen LogP contribution in [-0.4, -0.2) is 76.9 Å². The Labute approximate surface area is 215 Å². The highest BCUT2D eigenvalue weighted by Gasteiger charge is 2.25. The molecule has 2 aliphatic rings. The molecule has 1 aromatic heterocycles. The lowest BCUT2D eigenvalue weighted by Gasteiger charge is -2.35. The highest BCUT2D eigenvalue weighted by Crippen LogP contribution is 2.27. The number of carbonyl (C=O) groups excluding carboxylic acids is 2. The Morgan fingerprint density at radius 1 is 0.861 bits per heavy atom. The van der Waals surface area contributed by atoms with Crippen LogP contribution >= 0.6 is 0 Å². The molecule has 2 aliphatic heterocycles.